The highest BCUT2D eigenvalue weighted by Crippen LogP contribution is 2.37. The fourth-order valence-corrected chi connectivity index (χ4v) is 2.25. The lowest BCUT2D eigenvalue weighted by molar-refractivity contribution is -0.137. The van der Waals surface area contributed by atoms with Gasteiger partial charge in [0.15, 0.2) is 0 Å². The molecule has 0 amide bonds. The van der Waals surface area contributed by atoms with Crippen molar-refractivity contribution in [3.8, 4) is 0 Å². The molecule has 18 heavy (non-hydrogen) atoms. The Kier molecular flexibility index (Phi) is 3.68. The fourth-order valence-electron chi connectivity index (χ4n) is 2.10. The molecule has 2 N–H and O–H groups in total. The normalized spacial score (nSPS) is 21.2. The molecule has 1 unspecified atom stereocenters. The van der Waals surface area contributed by atoms with Crippen LogP contribution in [0.1, 0.15) is 18.4 Å². The predicted molar refractivity (Wildman–Crippen MR) is 63.7 cm³/mol. The van der Waals surface area contributed by atoms with Gasteiger partial charge in [-0.05, 0) is 18.9 Å². The van der Waals surface area contributed by atoms with E-state index in [9.17, 15) is 13.2 Å². The lowest BCUT2D eigenvalue weighted by atomic mass is 10.1. The average Bonchev–Trinajstić information content (AvgIpc) is 2.27. The van der Waals surface area contributed by atoms with E-state index in [1.807, 2.05) is 0 Å². The molecule has 1 fully saturated rings. The maximum absolute atomic E-state index is 12.9. The monoisotopic (exact) mass is 279 g/mol. The second-order valence-corrected chi connectivity index (χ2v) is 4.81. The maximum Gasteiger partial charge on any atom is 0.420 e. The third-order valence-corrected chi connectivity index (χ3v) is 3.10. The van der Waals surface area contributed by atoms with Crippen LogP contribution in [0.4, 0.5) is 19.0 Å². The first-order chi connectivity index (χ1) is 8.38. The topological polar surface area (TPSA) is 42.1 Å². The molecule has 2 heterocycles. The van der Waals surface area contributed by atoms with Gasteiger partial charge in [0, 0.05) is 25.3 Å². The summed E-state index contributed by atoms with van der Waals surface area (Å²) in [5, 5.41) is -0.0209. The van der Waals surface area contributed by atoms with Gasteiger partial charge in [0.25, 0.3) is 0 Å². The van der Waals surface area contributed by atoms with Crippen molar-refractivity contribution in [2.75, 3.05) is 18.0 Å². The van der Waals surface area contributed by atoms with Crippen molar-refractivity contribution in [3.05, 3.63) is 22.8 Å². The van der Waals surface area contributed by atoms with E-state index in [1.54, 1.807) is 4.90 Å². The Labute approximate surface area is 108 Å². The SMILES string of the molecule is NC1CCCN(c2ncc(Cl)cc2C(F)(F)F)C1. The minimum atomic E-state index is -4.46. The number of nitrogens with two attached hydrogens (primary N) is 1. The number of piperidine rings is 1. The molecule has 1 aromatic rings. The number of hydrogen-bond acceptors (Lipinski definition) is 3. The molecule has 100 valence electrons. The van der Waals surface area contributed by atoms with Crippen LogP contribution >= 0.6 is 11.6 Å². The summed E-state index contributed by atoms with van der Waals surface area (Å²) in [6, 6.07) is 0.793. The number of halogens is 4. The van der Waals surface area contributed by atoms with Crippen LogP contribution in [0.25, 0.3) is 0 Å². The van der Waals surface area contributed by atoms with Gasteiger partial charge in [-0.1, -0.05) is 11.6 Å². The molecular formula is C11H13ClF3N3. The van der Waals surface area contributed by atoms with Gasteiger partial charge in [-0.25, -0.2) is 4.98 Å². The van der Waals surface area contributed by atoms with Gasteiger partial charge in [0.1, 0.15) is 5.82 Å². The number of anilines is 1. The number of aromatic nitrogens is 1. The van der Waals surface area contributed by atoms with E-state index < -0.39 is 11.7 Å². The van der Waals surface area contributed by atoms with E-state index >= 15 is 0 Å². The molecule has 0 radical (unpaired) electrons. The molecule has 0 aliphatic carbocycles. The molecule has 2 rings (SSSR count). The first kappa shape index (κ1) is 13.4. The lowest BCUT2D eigenvalue weighted by Gasteiger charge is -2.33. The number of nitrogens with zero attached hydrogens (tertiary/aromatic N) is 2. The maximum atomic E-state index is 12.9. The number of rotatable bonds is 1. The Morgan fingerprint density at radius 3 is 2.78 bits per heavy atom. The molecular weight excluding hydrogens is 267 g/mol. The summed E-state index contributed by atoms with van der Waals surface area (Å²) in [7, 11) is 0. The minimum absolute atomic E-state index is 0.0209. The quantitative estimate of drug-likeness (QED) is 0.859. The summed E-state index contributed by atoms with van der Waals surface area (Å²) in [6.07, 6.45) is -1.64. The Balaban J connectivity index is 2.37. The van der Waals surface area contributed by atoms with Crippen molar-refractivity contribution < 1.29 is 13.2 Å². The molecule has 0 saturated carbocycles. The first-order valence-electron chi connectivity index (χ1n) is 5.61. The zero-order chi connectivity index (χ0) is 13.3. The van der Waals surface area contributed by atoms with Gasteiger partial charge in [0.2, 0.25) is 0 Å². The molecule has 1 saturated heterocycles. The van der Waals surface area contributed by atoms with Crippen LogP contribution in [-0.4, -0.2) is 24.1 Å². The average molecular weight is 280 g/mol. The van der Waals surface area contributed by atoms with Gasteiger partial charge < -0.3 is 10.6 Å². The smallest absolute Gasteiger partial charge is 0.355 e. The summed E-state index contributed by atoms with van der Waals surface area (Å²) in [6.45, 7) is 0.920. The van der Waals surface area contributed by atoms with Crippen LogP contribution in [0.2, 0.25) is 5.02 Å². The molecule has 1 aliphatic rings. The van der Waals surface area contributed by atoms with Crippen molar-refractivity contribution in [1.82, 2.24) is 4.98 Å². The predicted octanol–water partition coefficient (Wildman–Crippen LogP) is 2.68. The molecule has 0 aromatic carbocycles. The van der Waals surface area contributed by atoms with Crippen molar-refractivity contribution in [3.63, 3.8) is 0 Å². The van der Waals surface area contributed by atoms with Crippen LogP contribution in [0, 0.1) is 0 Å². The van der Waals surface area contributed by atoms with Gasteiger partial charge >= 0.3 is 6.18 Å². The summed E-state index contributed by atoms with van der Waals surface area (Å²) in [5.41, 5.74) is 4.97. The van der Waals surface area contributed by atoms with Crippen LogP contribution in [-0.2, 0) is 6.18 Å². The highest BCUT2D eigenvalue weighted by molar-refractivity contribution is 6.30. The van der Waals surface area contributed by atoms with Gasteiger partial charge in [0.05, 0.1) is 10.6 Å². The summed E-state index contributed by atoms with van der Waals surface area (Å²) in [4.78, 5) is 5.40. The first-order valence-corrected chi connectivity index (χ1v) is 5.99. The zero-order valence-electron chi connectivity index (χ0n) is 9.54. The van der Waals surface area contributed by atoms with E-state index in [0.717, 1.165) is 18.9 Å². The Morgan fingerprint density at radius 1 is 1.44 bits per heavy atom. The number of alkyl halides is 3. The number of pyridine rings is 1. The minimum Gasteiger partial charge on any atom is -0.355 e. The highest BCUT2D eigenvalue weighted by Gasteiger charge is 2.36. The van der Waals surface area contributed by atoms with E-state index in [1.165, 1.54) is 6.20 Å². The molecule has 3 nitrogen and oxygen atoms in total. The standard InChI is InChI=1S/C11H13ClF3N3/c12-7-4-9(11(13,14)15)10(17-5-7)18-3-1-2-8(16)6-18/h4-5,8H,1-3,6,16H2. The second kappa shape index (κ2) is 4.93. The summed E-state index contributed by atoms with van der Waals surface area (Å²) >= 11 is 5.58. The zero-order valence-corrected chi connectivity index (χ0v) is 10.3. The Bertz CT molecular complexity index is 436. The van der Waals surface area contributed by atoms with E-state index in [-0.39, 0.29) is 16.9 Å². The summed E-state index contributed by atoms with van der Waals surface area (Å²) in [5.74, 6) is -0.0814. The second-order valence-electron chi connectivity index (χ2n) is 4.37. The van der Waals surface area contributed by atoms with Crippen molar-refractivity contribution in [2.24, 2.45) is 5.73 Å². The van der Waals surface area contributed by atoms with Crippen LogP contribution in [0.5, 0.6) is 0 Å². The Hall–Kier alpha value is -1.01. The molecule has 1 aromatic heterocycles. The third-order valence-electron chi connectivity index (χ3n) is 2.90. The molecule has 1 atom stereocenters. The van der Waals surface area contributed by atoms with Crippen molar-refractivity contribution >= 4 is 17.4 Å². The van der Waals surface area contributed by atoms with Crippen LogP contribution in [0.15, 0.2) is 12.3 Å². The third kappa shape index (κ3) is 2.87. The van der Waals surface area contributed by atoms with Gasteiger partial charge in [-0.3, -0.25) is 0 Å². The van der Waals surface area contributed by atoms with Crippen molar-refractivity contribution in [2.45, 2.75) is 25.1 Å². The largest absolute Gasteiger partial charge is 0.420 e. The fraction of sp³-hybridized carbons (Fsp3) is 0.545. The van der Waals surface area contributed by atoms with E-state index in [0.29, 0.717) is 13.1 Å². The molecule has 0 bridgehead atoms. The molecule has 7 heteroatoms. The van der Waals surface area contributed by atoms with Gasteiger partial charge in [-0.2, -0.15) is 13.2 Å². The number of hydrogen-bond donors (Lipinski definition) is 1. The van der Waals surface area contributed by atoms with Crippen LogP contribution < -0.4 is 10.6 Å². The van der Waals surface area contributed by atoms with E-state index in [2.05, 4.69) is 4.98 Å². The lowest BCUT2D eigenvalue weighted by Crippen LogP contribution is -2.43. The van der Waals surface area contributed by atoms with E-state index in [4.69, 9.17) is 17.3 Å². The summed E-state index contributed by atoms with van der Waals surface area (Å²) < 4.78 is 38.8. The van der Waals surface area contributed by atoms with Crippen LogP contribution in [0.3, 0.4) is 0 Å². The Morgan fingerprint density at radius 2 is 2.17 bits per heavy atom. The molecule has 0 spiro atoms. The van der Waals surface area contributed by atoms with Gasteiger partial charge in [-0.15, -0.1) is 0 Å². The molecule has 1 aliphatic heterocycles. The van der Waals surface area contributed by atoms with Crippen molar-refractivity contribution in [1.29, 1.82) is 0 Å². The highest BCUT2D eigenvalue weighted by atomic mass is 35.5.